The van der Waals surface area contributed by atoms with Crippen LogP contribution in [0.2, 0.25) is 0 Å². The Kier molecular flexibility index (Phi) is 10.2. The van der Waals surface area contributed by atoms with Gasteiger partial charge in [0.15, 0.2) is 5.78 Å². The number of carbonyl (C=O) groups excluding carboxylic acids is 1. The number of nitrogens with two attached hydrogens (primary N) is 1. The number of Topliss-reactive ketones (excluding diaryl/α,β-unsaturated/α-hetero) is 1. The summed E-state index contributed by atoms with van der Waals surface area (Å²) in [5.74, 6) is 4.05. The van der Waals surface area contributed by atoms with Crippen LogP contribution in [-0.4, -0.2) is 61.9 Å². The average molecular weight is 345 g/mol. The molecule has 0 radical (unpaired) electrons. The minimum Gasteiger partial charge on any atom is -0.388 e. The van der Waals surface area contributed by atoms with E-state index < -0.39 is 44.6 Å². The second-order valence-electron chi connectivity index (χ2n) is 4.81. The van der Waals surface area contributed by atoms with Gasteiger partial charge < -0.3 is 25.1 Å². The average Bonchev–Trinajstić information content (AvgIpc) is 2.46. The van der Waals surface area contributed by atoms with Gasteiger partial charge in [0.05, 0.1) is 6.61 Å². The Morgan fingerprint density at radius 3 is 2.27 bits per heavy atom. The highest BCUT2D eigenvalue weighted by atomic mass is 31.2. The van der Waals surface area contributed by atoms with Gasteiger partial charge in [0.25, 0.3) is 0 Å². The summed E-state index contributed by atoms with van der Waals surface area (Å²) in [4.78, 5) is 33.3. The summed E-state index contributed by atoms with van der Waals surface area (Å²) in [5, 5.41) is 28.8. The van der Waals surface area contributed by atoms with E-state index in [-0.39, 0.29) is 6.42 Å². The fraction of sp³-hybridized carbons (Fsp3) is 0.909. The second kappa shape index (κ2) is 10.4. The van der Waals surface area contributed by atoms with Crippen LogP contribution in [0.4, 0.5) is 0 Å². The minimum atomic E-state index is -4.84. The van der Waals surface area contributed by atoms with E-state index in [9.17, 15) is 24.7 Å². The monoisotopic (exact) mass is 345 g/mol. The second-order valence-corrected chi connectivity index (χ2v) is 6.05. The molecule has 11 heteroatoms. The Morgan fingerprint density at radius 1 is 1.23 bits per heavy atom. The van der Waals surface area contributed by atoms with Gasteiger partial charge in [0.2, 0.25) is 0 Å². The van der Waals surface area contributed by atoms with Gasteiger partial charge in [0.1, 0.15) is 24.4 Å². The first-order chi connectivity index (χ1) is 10.1. The number of unbranched alkanes of at least 4 members (excludes halogenated alkanes) is 2. The van der Waals surface area contributed by atoms with E-state index in [0.29, 0.717) is 6.42 Å². The summed E-state index contributed by atoms with van der Waals surface area (Å²) in [6, 6.07) is 0. The molecule has 0 aliphatic rings. The van der Waals surface area contributed by atoms with Gasteiger partial charge in [-0.3, -0.25) is 14.2 Å². The lowest BCUT2D eigenvalue weighted by Gasteiger charge is -2.24. The van der Waals surface area contributed by atoms with Crippen LogP contribution in [0.25, 0.3) is 0 Å². The number of ketones is 1. The van der Waals surface area contributed by atoms with Crippen LogP contribution in [0.5, 0.6) is 0 Å². The molecule has 0 saturated heterocycles. The topological polar surface area (TPSA) is 180 Å². The standard InChI is InChI=1S/C11H24NO9P/c1-2-3-4-5-8(21-12)10(15)11(16)9(14)7(13)6-20-22(17,18)19/h7-9,11,13-14,16H,2-6,12H2,1H3,(H2,17,18,19). The quantitative estimate of drug-likeness (QED) is 0.140. The summed E-state index contributed by atoms with van der Waals surface area (Å²) < 4.78 is 14.5. The van der Waals surface area contributed by atoms with E-state index in [4.69, 9.17) is 15.7 Å². The highest BCUT2D eigenvalue weighted by Crippen LogP contribution is 2.35. The fourth-order valence-electron chi connectivity index (χ4n) is 1.70. The van der Waals surface area contributed by atoms with Crippen LogP contribution < -0.4 is 5.90 Å². The maximum Gasteiger partial charge on any atom is 0.469 e. The predicted molar refractivity (Wildman–Crippen MR) is 74.2 cm³/mol. The lowest BCUT2D eigenvalue weighted by atomic mass is 9.98. The Hall–Kier alpha value is -0.420. The molecule has 0 aromatic carbocycles. The maximum atomic E-state index is 11.9. The van der Waals surface area contributed by atoms with Crippen LogP contribution in [0.3, 0.4) is 0 Å². The van der Waals surface area contributed by atoms with Gasteiger partial charge in [-0.25, -0.2) is 10.5 Å². The molecule has 0 spiro atoms. The Bertz CT molecular complexity index is 375. The number of phosphoric acid groups is 1. The van der Waals surface area contributed by atoms with Crippen molar-refractivity contribution in [2.24, 2.45) is 5.90 Å². The van der Waals surface area contributed by atoms with Crippen LogP contribution in [0.15, 0.2) is 0 Å². The molecule has 132 valence electrons. The van der Waals surface area contributed by atoms with E-state index >= 15 is 0 Å². The van der Waals surface area contributed by atoms with E-state index in [0.717, 1.165) is 12.8 Å². The van der Waals surface area contributed by atoms with E-state index in [2.05, 4.69) is 9.36 Å². The van der Waals surface area contributed by atoms with Gasteiger partial charge >= 0.3 is 7.82 Å². The van der Waals surface area contributed by atoms with Crippen molar-refractivity contribution >= 4 is 13.6 Å². The largest absolute Gasteiger partial charge is 0.469 e. The number of aliphatic hydroxyl groups is 3. The van der Waals surface area contributed by atoms with Crippen LogP contribution in [-0.2, 0) is 18.7 Å². The Morgan fingerprint density at radius 2 is 1.82 bits per heavy atom. The van der Waals surface area contributed by atoms with Crippen molar-refractivity contribution in [3.63, 3.8) is 0 Å². The molecule has 7 N–H and O–H groups in total. The SMILES string of the molecule is CCCCCC(ON)C(=O)C(O)C(O)C(O)COP(=O)(O)O. The number of phosphoric ester groups is 1. The number of rotatable bonds is 12. The highest BCUT2D eigenvalue weighted by Gasteiger charge is 2.35. The number of carbonyl (C=O) groups is 1. The molecule has 0 aliphatic carbocycles. The van der Waals surface area contributed by atoms with Crippen molar-refractivity contribution in [2.75, 3.05) is 6.61 Å². The molecule has 4 atom stereocenters. The molecule has 0 fully saturated rings. The molecule has 0 saturated carbocycles. The smallest absolute Gasteiger partial charge is 0.388 e. The molecule has 10 nitrogen and oxygen atoms in total. The molecule has 4 unspecified atom stereocenters. The van der Waals surface area contributed by atoms with Gasteiger partial charge in [-0.2, -0.15) is 0 Å². The molecule has 0 aromatic rings. The Balaban J connectivity index is 4.53. The molecule has 0 aliphatic heterocycles. The van der Waals surface area contributed by atoms with E-state index in [1.54, 1.807) is 0 Å². The summed E-state index contributed by atoms with van der Waals surface area (Å²) in [7, 11) is -4.84. The van der Waals surface area contributed by atoms with Crippen LogP contribution >= 0.6 is 7.82 Å². The first-order valence-electron chi connectivity index (χ1n) is 6.77. The first kappa shape index (κ1) is 21.6. The number of hydrogen-bond acceptors (Lipinski definition) is 8. The fourth-order valence-corrected chi connectivity index (χ4v) is 2.05. The summed E-state index contributed by atoms with van der Waals surface area (Å²) >= 11 is 0. The third kappa shape index (κ3) is 8.28. The van der Waals surface area contributed by atoms with Crippen molar-refractivity contribution in [3.05, 3.63) is 0 Å². The lowest BCUT2D eigenvalue weighted by Crippen LogP contribution is -2.48. The molecule has 0 amide bonds. The normalized spacial score (nSPS) is 17.8. The number of aliphatic hydroxyl groups excluding tert-OH is 3. The summed E-state index contributed by atoms with van der Waals surface area (Å²) in [5.41, 5.74) is 0. The molecule has 0 bridgehead atoms. The molecular formula is C11H24NO9P. The van der Waals surface area contributed by atoms with Gasteiger partial charge in [-0.15, -0.1) is 0 Å². The number of hydrogen-bond donors (Lipinski definition) is 6. The van der Waals surface area contributed by atoms with Crippen molar-refractivity contribution in [3.8, 4) is 0 Å². The maximum absolute atomic E-state index is 11.9. The molecular weight excluding hydrogens is 321 g/mol. The zero-order valence-corrected chi connectivity index (χ0v) is 13.1. The third-order valence-corrected chi connectivity index (χ3v) is 3.46. The molecule has 0 aromatic heterocycles. The summed E-state index contributed by atoms with van der Waals surface area (Å²) in [6.45, 7) is 0.996. The van der Waals surface area contributed by atoms with Crippen LogP contribution in [0, 0.1) is 0 Å². The zero-order chi connectivity index (χ0) is 17.3. The van der Waals surface area contributed by atoms with Crippen molar-refractivity contribution < 1.29 is 43.8 Å². The van der Waals surface area contributed by atoms with Crippen LogP contribution in [0.1, 0.15) is 32.6 Å². The first-order valence-corrected chi connectivity index (χ1v) is 8.30. The Labute approximate surface area is 128 Å². The van der Waals surface area contributed by atoms with E-state index in [1.165, 1.54) is 0 Å². The zero-order valence-electron chi connectivity index (χ0n) is 12.2. The van der Waals surface area contributed by atoms with Gasteiger partial charge in [0, 0.05) is 0 Å². The van der Waals surface area contributed by atoms with Gasteiger partial charge in [-0.1, -0.05) is 26.2 Å². The minimum absolute atomic E-state index is 0.238. The lowest BCUT2D eigenvalue weighted by molar-refractivity contribution is -0.152. The summed E-state index contributed by atoms with van der Waals surface area (Å²) in [6.07, 6.45) is -4.46. The van der Waals surface area contributed by atoms with Crippen molar-refractivity contribution in [1.29, 1.82) is 0 Å². The molecule has 0 rings (SSSR count). The van der Waals surface area contributed by atoms with E-state index in [1.807, 2.05) is 6.92 Å². The molecule has 22 heavy (non-hydrogen) atoms. The highest BCUT2D eigenvalue weighted by molar-refractivity contribution is 7.46. The van der Waals surface area contributed by atoms with Gasteiger partial charge in [-0.05, 0) is 6.42 Å². The third-order valence-electron chi connectivity index (χ3n) is 2.97. The predicted octanol–water partition coefficient (Wildman–Crippen LogP) is -1.41. The van der Waals surface area contributed by atoms with Crippen molar-refractivity contribution in [1.82, 2.24) is 0 Å². The molecule has 0 heterocycles. The van der Waals surface area contributed by atoms with Crippen molar-refractivity contribution in [2.45, 2.75) is 57.0 Å².